The Morgan fingerprint density at radius 1 is 1.05 bits per heavy atom. The summed E-state index contributed by atoms with van der Waals surface area (Å²) in [5.41, 5.74) is 2.37. The Labute approximate surface area is 233 Å². The van der Waals surface area contributed by atoms with Crippen LogP contribution in [-0.2, 0) is 14.3 Å². The van der Waals surface area contributed by atoms with Gasteiger partial charge in [-0.05, 0) is 124 Å². The van der Waals surface area contributed by atoms with Crippen molar-refractivity contribution in [1.29, 1.82) is 0 Å². The summed E-state index contributed by atoms with van der Waals surface area (Å²) in [5.74, 6) is 3.15. The third-order valence-corrected chi connectivity index (χ3v) is 12.2. The molecular weight excluding hydrogens is 472 g/mol. The first-order valence-electron chi connectivity index (χ1n) is 16.3. The second kappa shape index (κ2) is 12.8. The zero-order chi connectivity index (χ0) is 27.5. The Morgan fingerprint density at radius 3 is 2.45 bits per heavy atom. The first-order valence-corrected chi connectivity index (χ1v) is 16.3. The molecule has 0 aromatic heterocycles. The lowest BCUT2D eigenvalue weighted by Crippen LogP contribution is -2.51. The number of fused-ring (bicyclic) bond motifs is 5. The molecule has 4 aliphatic carbocycles. The predicted octanol–water partition coefficient (Wildman–Crippen LogP) is 8.89. The summed E-state index contributed by atoms with van der Waals surface area (Å²) in [6.07, 6.45) is 18.1. The molecular formula is C34H58O4. The van der Waals surface area contributed by atoms with E-state index in [1.54, 1.807) is 5.57 Å². The van der Waals surface area contributed by atoms with Gasteiger partial charge in [-0.25, -0.2) is 0 Å². The molecule has 0 aromatic rings. The zero-order valence-corrected chi connectivity index (χ0v) is 25.5. The maximum atomic E-state index is 12.4. The number of carboxylic acids is 1. The lowest BCUT2D eigenvalue weighted by atomic mass is 9.47. The number of rotatable bonds is 13. The van der Waals surface area contributed by atoms with Crippen molar-refractivity contribution >= 4 is 5.97 Å². The van der Waals surface area contributed by atoms with Crippen molar-refractivity contribution in [2.24, 2.45) is 52.3 Å². The Balaban J connectivity index is 1.45. The predicted molar refractivity (Wildman–Crippen MR) is 155 cm³/mol. The van der Waals surface area contributed by atoms with Crippen LogP contribution in [0.1, 0.15) is 125 Å². The van der Waals surface area contributed by atoms with Crippen LogP contribution in [0.5, 0.6) is 0 Å². The molecule has 218 valence electrons. The number of aliphatic carboxylic acids is 1. The van der Waals surface area contributed by atoms with Gasteiger partial charge in [0.2, 0.25) is 0 Å². The van der Waals surface area contributed by atoms with Gasteiger partial charge in [0.25, 0.3) is 0 Å². The maximum Gasteiger partial charge on any atom is 0.306 e. The van der Waals surface area contributed by atoms with Gasteiger partial charge in [-0.2, -0.15) is 0 Å². The lowest BCUT2D eigenvalue weighted by molar-refractivity contribution is -0.145. The fourth-order valence-corrected chi connectivity index (χ4v) is 10.3. The summed E-state index contributed by atoms with van der Waals surface area (Å²) in [4.78, 5) is 12.4. The first-order chi connectivity index (χ1) is 18.2. The number of carboxylic acid groups (broad SMARTS) is 1. The first kappa shape index (κ1) is 30.1. The summed E-state index contributed by atoms with van der Waals surface area (Å²) >= 11 is 0. The van der Waals surface area contributed by atoms with Gasteiger partial charge in [0.05, 0.1) is 12.0 Å². The van der Waals surface area contributed by atoms with Crippen LogP contribution in [0.15, 0.2) is 11.6 Å². The minimum Gasteiger partial charge on any atom is -0.481 e. The van der Waals surface area contributed by atoms with Gasteiger partial charge in [0.1, 0.15) is 6.79 Å². The Kier molecular flexibility index (Phi) is 10.1. The van der Waals surface area contributed by atoms with Gasteiger partial charge >= 0.3 is 5.97 Å². The zero-order valence-electron chi connectivity index (χ0n) is 25.5. The maximum absolute atomic E-state index is 12.4. The van der Waals surface area contributed by atoms with Crippen molar-refractivity contribution < 1.29 is 19.4 Å². The molecule has 0 radical (unpaired) electrons. The molecule has 0 amide bonds. The monoisotopic (exact) mass is 530 g/mol. The molecule has 4 rings (SSSR count). The van der Waals surface area contributed by atoms with Crippen LogP contribution < -0.4 is 0 Å². The minimum absolute atomic E-state index is 0.178. The molecule has 3 saturated carbocycles. The highest BCUT2D eigenvalue weighted by atomic mass is 16.7. The van der Waals surface area contributed by atoms with Crippen LogP contribution >= 0.6 is 0 Å². The minimum atomic E-state index is -0.550. The van der Waals surface area contributed by atoms with Crippen LogP contribution in [0, 0.1) is 52.3 Å². The Morgan fingerprint density at radius 2 is 1.79 bits per heavy atom. The molecule has 3 fully saturated rings. The molecule has 4 aliphatic rings. The van der Waals surface area contributed by atoms with Gasteiger partial charge in [0, 0.05) is 6.61 Å². The lowest BCUT2D eigenvalue weighted by Gasteiger charge is -2.58. The van der Waals surface area contributed by atoms with Crippen LogP contribution in [0.2, 0.25) is 0 Å². The largest absolute Gasteiger partial charge is 0.481 e. The average Bonchev–Trinajstić information content (AvgIpc) is 3.24. The molecule has 0 spiro atoms. The highest BCUT2D eigenvalue weighted by molar-refractivity contribution is 5.70. The Bertz CT molecular complexity index is 815. The van der Waals surface area contributed by atoms with E-state index in [-0.39, 0.29) is 5.92 Å². The summed E-state index contributed by atoms with van der Waals surface area (Å²) in [6.45, 7) is 15.2. The number of ether oxygens (including phenoxy) is 2. The van der Waals surface area contributed by atoms with Crippen molar-refractivity contribution in [1.82, 2.24) is 0 Å². The van der Waals surface area contributed by atoms with Crippen LogP contribution in [0.4, 0.5) is 0 Å². The smallest absolute Gasteiger partial charge is 0.306 e. The number of allylic oxidation sites excluding steroid dienone is 1. The molecule has 1 N–H and O–H groups in total. The average molecular weight is 531 g/mol. The molecule has 9 atom stereocenters. The summed E-state index contributed by atoms with van der Waals surface area (Å²) in [7, 11) is 0. The molecule has 0 aliphatic heterocycles. The van der Waals surface area contributed by atoms with E-state index < -0.39 is 5.97 Å². The normalized spacial score (nSPS) is 38.2. The molecule has 0 heterocycles. The fraction of sp³-hybridized carbons (Fsp3) is 0.912. The topological polar surface area (TPSA) is 55.8 Å². The van der Waals surface area contributed by atoms with Crippen molar-refractivity contribution in [3.8, 4) is 0 Å². The second-order valence-corrected chi connectivity index (χ2v) is 14.1. The van der Waals surface area contributed by atoms with Gasteiger partial charge < -0.3 is 14.6 Å². The van der Waals surface area contributed by atoms with Gasteiger partial charge in [-0.15, -0.1) is 0 Å². The molecule has 0 aromatic carbocycles. The molecule has 2 unspecified atom stereocenters. The van der Waals surface area contributed by atoms with Gasteiger partial charge in [0.15, 0.2) is 0 Å². The van der Waals surface area contributed by atoms with E-state index in [1.807, 2.05) is 6.92 Å². The standard InChI is InChI=1S/C34H58O4/c1-7-10-24(11-8-2)28(32(35)36)20-23(4)29-14-15-30-27-13-12-25-21-26(38-22-37-9-3)16-18-33(25,5)31(27)17-19-34(29,30)6/h12,23-24,26-31H,7-11,13-22H2,1-6H3,(H,35,36)/t23?,26-,27-,28?,29+,30-,31-,33-,34+/m0/s1. The summed E-state index contributed by atoms with van der Waals surface area (Å²) in [5, 5.41) is 10.2. The van der Waals surface area contributed by atoms with E-state index >= 15 is 0 Å². The van der Waals surface area contributed by atoms with E-state index in [0.29, 0.717) is 48.1 Å². The van der Waals surface area contributed by atoms with E-state index in [0.717, 1.165) is 62.7 Å². The van der Waals surface area contributed by atoms with Crippen LogP contribution in [0.25, 0.3) is 0 Å². The third-order valence-electron chi connectivity index (χ3n) is 12.2. The van der Waals surface area contributed by atoms with Crippen LogP contribution in [0.3, 0.4) is 0 Å². The van der Waals surface area contributed by atoms with Crippen molar-refractivity contribution in [2.75, 3.05) is 13.4 Å². The molecule has 38 heavy (non-hydrogen) atoms. The highest BCUT2D eigenvalue weighted by Crippen LogP contribution is 2.67. The van der Waals surface area contributed by atoms with E-state index in [4.69, 9.17) is 9.47 Å². The van der Waals surface area contributed by atoms with E-state index in [2.05, 4.69) is 40.7 Å². The molecule has 0 saturated heterocycles. The SMILES string of the molecule is CCCC(CCC)C(CC(C)[C@H]1CC[C@H]2[C@@H]3CC=C4C[C@@H](OCOCC)CC[C@]4(C)[C@H]3CC[C@]12C)C(=O)O. The summed E-state index contributed by atoms with van der Waals surface area (Å²) in [6, 6.07) is 0. The second-order valence-electron chi connectivity index (χ2n) is 14.1. The number of hydrogen-bond acceptors (Lipinski definition) is 3. The Hall–Kier alpha value is -0.870. The van der Waals surface area contributed by atoms with E-state index in [9.17, 15) is 9.90 Å². The van der Waals surface area contributed by atoms with Crippen molar-refractivity contribution in [2.45, 2.75) is 131 Å². The van der Waals surface area contributed by atoms with Crippen LogP contribution in [-0.4, -0.2) is 30.6 Å². The van der Waals surface area contributed by atoms with Gasteiger partial charge in [-0.1, -0.05) is 59.1 Å². The molecule has 0 bridgehead atoms. The highest BCUT2D eigenvalue weighted by Gasteiger charge is 2.59. The van der Waals surface area contributed by atoms with Crippen molar-refractivity contribution in [3.05, 3.63) is 11.6 Å². The van der Waals surface area contributed by atoms with Crippen molar-refractivity contribution in [3.63, 3.8) is 0 Å². The number of hydrogen-bond donors (Lipinski definition) is 1. The summed E-state index contributed by atoms with van der Waals surface area (Å²) < 4.78 is 11.5. The quantitative estimate of drug-likeness (QED) is 0.147. The van der Waals surface area contributed by atoms with Gasteiger partial charge in [-0.3, -0.25) is 4.79 Å². The fourth-order valence-electron chi connectivity index (χ4n) is 10.3. The molecule has 4 heteroatoms. The van der Waals surface area contributed by atoms with E-state index in [1.165, 1.54) is 38.5 Å². The number of carbonyl (C=O) groups is 1. The molecule has 4 nitrogen and oxygen atoms in total. The third kappa shape index (κ3) is 5.78.